The smallest absolute Gasteiger partial charge is 0.267 e. The fourth-order valence-corrected chi connectivity index (χ4v) is 3.53. The number of amides is 1. The fraction of sp³-hybridized carbons (Fsp3) is 0.0909. The van der Waals surface area contributed by atoms with E-state index < -0.39 is 11.0 Å². The van der Waals surface area contributed by atoms with Gasteiger partial charge in [0.15, 0.2) is 0 Å². The first-order valence-electron chi connectivity index (χ1n) is 9.00. The largest absolute Gasteiger partial charge is 0.274 e. The highest BCUT2D eigenvalue weighted by Gasteiger charge is 2.37. The Balaban J connectivity index is 1.78. The number of carbonyl (C=O) groups is 1. The van der Waals surface area contributed by atoms with Gasteiger partial charge in [0.25, 0.3) is 11.6 Å². The van der Waals surface area contributed by atoms with Gasteiger partial charge in [0.05, 0.1) is 22.2 Å². The first-order chi connectivity index (χ1) is 14.0. The second-order valence-electron chi connectivity index (χ2n) is 6.61. The lowest BCUT2D eigenvalue weighted by atomic mass is 9.97. The molecule has 0 fully saturated rings. The Morgan fingerprint density at radius 1 is 1.00 bits per heavy atom. The van der Waals surface area contributed by atoms with Crippen LogP contribution < -0.4 is 0 Å². The first kappa shape index (κ1) is 18.8. The minimum Gasteiger partial charge on any atom is -0.267 e. The third kappa shape index (κ3) is 3.75. The monoisotopic (exact) mass is 405 g/mol. The molecule has 3 aromatic carbocycles. The van der Waals surface area contributed by atoms with Crippen molar-refractivity contribution < 1.29 is 9.72 Å². The molecule has 1 heterocycles. The van der Waals surface area contributed by atoms with Gasteiger partial charge in [-0.25, -0.2) is 5.01 Å². The van der Waals surface area contributed by atoms with Gasteiger partial charge >= 0.3 is 0 Å². The number of halogens is 1. The number of para-hydroxylation sites is 1. The van der Waals surface area contributed by atoms with E-state index in [4.69, 9.17) is 11.6 Å². The van der Waals surface area contributed by atoms with Crippen molar-refractivity contribution in [3.8, 4) is 0 Å². The highest BCUT2D eigenvalue weighted by Crippen LogP contribution is 2.38. The number of hydrogen-bond acceptors (Lipinski definition) is 4. The van der Waals surface area contributed by atoms with Crippen LogP contribution in [0.25, 0.3) is 0 Å². The van der Waals surface area contributed by atoms with E-state index in [1.54, 1.807) is 42.5 Å². The number of benzene rings is 3. The van der Waals surface area contributed by atoms with E-state index in [1.807, 2.05) is 30.3 Å². The van der Waals surface area contributed by atoms with Crippen molar-refractivity contribution >= 4 is 28.9 Å². The Morgan fingerprint density at radius 3 is 2.34 bits per heavy atom. The summed E-state index contributed by atoms with van der Waals surface area (Å²) >= 11 is 5.93. The van der Waals surface area contributed by atoms with Gasteiger partial charge < -0.3 is 0 Å². The predicted octanol–water partition coefficient (Wildman–Crippen LogP) is 5.24. The topological polar surface area (TPSA) is 75.8 Å². The third-order valence-corrected chi connectivity index (χ3v) is 5.06. The molecule has 6 nitrogen and oxygen atoms in total. The molecule has 1 aliphatic rings. The molecule has 0 saturated heterocycles. The van der Waals surface area contributed by atoms with Crippen LogP contribution in [0.1, 0.15) is 33.9 Å². The molecule has 0 N–H and O–H groups in total. The molecule has 0 aliphatic carbocycles. The van der Waals surface area contributed by atoms with Crippen LogP contribution in [0, 0.1) is 10.1 Å². The average Bonchev–Trinajstić information content (AvgIpc) is 3.20. The normalized spacial score (nSPS) is 15.8. The summed E-state index contributed by atoms with van der Waals surface area (Å²) in [6.07, 6.45) is 0.383. The van der Waals surface area contributed by atoms with E-state index in [-0.39, 0.29) is 11.6 Å². The molecule has 3 aromatic rings. The number of rotatable bonds is 4. The first-order valence-corrected chi connectivity index (χ1v) is 9.38. The molecule has 7 heteroatoms. The van der Waals surface area contributed by atoms with E-state index in [1.165, 1.54) is 11.1 Å². The van der Waals surface area contributed by atoms with E-state index in [0.29, 0.717) is 28.3 Å². The number of nitrogens with zero attached hydrogens (tertiary/aromatic N) is 3. The van der Waals surface area contributed by atoms with Crippen molar-refractivity contribution in [3.63, 3.8) is 0 Å². The molecular formula is C22H16ClN3O3. The van der Waals surface area contributed by atoms with Crippen LogP contribution in [-0.4, -0.2) is 21.6 Å². The van der Waals surface area contributed by atoms with Gasteiger partial charge in [-0.05, 0) is 35.9 Å². The Morgan fingerprint density at radius 2 is 1.66 bits per heavy atom. The summed E-state index contributed by atoms with van der Waals surface area (Å²) < 4.78 is 0. The van der Waals surface area contributed by atoms with Crippen molar-refractivity contribution in [1.82, 2.24) is 5.01 Å². The maximum Gasteiger partial charge on any atom is 0.274 e. The Bertz CT molecular complexity index is 1100. The molecule has 1 unspecified atom stereocenters. The molecule has 0 spiro atoms. The highest BCUT2D eigenvalue weighted by atomic mass is 35.5. The van der Waals surface area contributed by atoms with Crippen molar-refractivity contribution in [2.75, 3.05) is 0 Å². The zero-order valence-electron chi connectivity index (χ0n) is 15.2. The molecule has 1 amide bonds. The summed E-state index contributed by atoms with van der Waals surface area (Å²) in [5.41, 5.74) is 2.42. The number of nitro groups is 1. The van der Waals surface area contributed by atoms with Crippen LogP contribution >= 0.6 is 11.6 Å². The molecule has 144 valence electrons. The molecule has 0 saturated carbocycles. The van der Waals surface area contributed by atoms with Gasteiger partial charge in [-0.15, -0.1) is 0 Å². The second-order valence-corrected chi connectivity index (χ2v) is 7.04. The maximum absolute atomic E-state index is 13.2. The fourth-order valence-electron chi connectivity index (χ4n) is 3.41. The minimum absolute atomic E-state index is 0.0316. The minimum atomic E-state index is -0.574. The van der Waals surface area contributed by atoms with Crippen LogP contribution in [0.15, 0.2) is 84.0 Å². The lowest BCUT2D eigenvalue weighted by Crippen LogP contribution is -2.27. The van der Waals surface area contributed by atoms with Crippen LogP contribution in [0.3, 0.4) is 0 Å². The third-order valence-electron chi connectivity index (χ3n) is 4.81. The SMILES string of the molecule is O=C(c1ccc(Cl)cc1)N1N=C(c2ccccc2)CC1c1ccccc1[N+](=O)[O-]. The van der Waals surface area contributed by atoms with Gasteiger partial charge in [0.1, 0.15) is 0 Å². The standard InChI is InChI=1S/C22H16ClN3O3/c23-17-12-10-16(11-13-17)22(27)25-21(18-8-4-5-9-20(18)26(28)29)14-19(24-25)15-6-2-1-3-7-15/h1-13,21H,14H2. The van der Waals surface area contributed by atoms with Crippen LogP contribution in [0.4, 0.5) is 5.69 Å². The zero-order chi connectivity index (χ0) is 20.4. The van der Waals surface area contributed by atoms with Gasteiger partial charge in [0, 0.05) is 23.1 Å². The van der Waals surface area contributed by atoms with Crippen LogP contribution in [0.5, 0.6) is 0 Å². The summed E-state index contributed by atoms with van der Waals surface area (Å²) in [4.78, 5) is 24.3. The van der Waals surface area contributed by atoms with Crippen LogP contribution in [0.2, 0.25) is 5.02 Å². The summed E-state index contributed by atoms with van der Waals surface area (Å²) in [5, 5.41) is 18.0. The quantitative estimate of drug-likeness (QED) is 0.440. The lowest BCUT2D eigenvalue weighted by Gasteiger charge is -2.22. The summed E-state index contributed by atoms with van der Waals surface area (Å²) in [6.45, 7) is 0. The van der Waals surface area contributed by atoms with Crippen molar-refractivity contribution in [2.45, 2.75) is 12.5 Å². The molecule has 4 rings (SSSR count). The molecule has 0 bridgehead atoms. The lowest BCUT2D eigenvalue weighted by molar-refractivity contribution is -0.385. The summed E-state index contributed by atoms with van der Waals surface area (Å²) in [6, 6.07) is 21.9. The molecule has 1 atom stereocenters. The maximum atomic E-state index is 13.2. The molecule has 0 aromatic heterocycles. The van der Waals surface area contributed by atoms with Crippen LogP contribution in [-0.2, 0) is 0 Å². The molecule has 29 heavy (non-hydrogen) atoms. The number of carbonyl (C=O) groups excluding carboxylic acids is 1. The van der Waals surface area contributed by atoms with E-state index >= 15 is 0 Å². The van der Waals surface area contributed by atoms with Gasteiger partial charge in [0.2, 0.25) is 0 Å². The Kier molecular flexibility index (Phi) is 5.10. The molecule has 1 aliphatic heterocycles. The number of hydrazone groups is 1. The molecular weight excluding hydrogens is 390 g/mol. The van der Waals surface area contributed by atoms with E-state index in [2.05, 4.69) is 5.10 Å². The summed E-state index contributed by atoms with van der Waals surface area (Å²) in [7, 11) is 0. The van der Waals surface area contributed by atoms with Crippen molar-refractivity contribution in [3.05, 3.63) is 111 Å². The predicted molar refractivity (Wildman–Crippen MR) is 111 cm³/mol. The Labute approximate surface area is 172 Å². The second kappa shape index (κ2) is 7.85. The van der Waals surface area contributed by atoms with E-state index in [9.17, 15) is 14.9 Å². The van der Waals surface area contributed by atoms with Gasteiger partial charge in [-0.1, -0.05) is 54.1 Å². The Hall–Kier alpha value is -3.51. The number of hydrogen-bond donors (Lipinski definition) is 0. The summed E-state index contributed by atoms with van der Waals surface area (Å²) in [5.74, 6) is -0.337. The highest BCUT2D eigenvalue weighted by molar-refractivity contribution is 6.30. The van der Waals surface area contributed by atoms with Gasteiger partial charge in [-0.2, -0.15) is 5.10 Å². The van der Waals surface area contributed by atoms with Crippen molar-refractivity contribution in [1.29, 1.82) is 0 Å². The van der Waals surface area contributed by atoms with Gasteiger partial charge in [-0.3, -0.25) is 14.9 Å². The number of nitro benzene ring substituents is 1. The molecule has 0 radical (unpaired) electrons. The van der Waals surface area contributed by atoms with Crippen molar-refractivity contribution in [2.24, 2.45) is 5.10 Å². The average molecular weight is 406 g/mol. The van der Waals surface area contributed by atoms with E-state index in [0.717, 1.165) is 5.56 Å². The zero-order valence-corrected chi connectivity index (χ0v) is 16.0.